The lowest BCUT2D eigenvalue weighted by Gasteiger charge is -2.22. The summed E-state index contributed by atoms with van der Waals surface area (Å²) in [5.41, 5.74) is -0.0795. The zero-order chi connectivity index (χ0) is 17.4. The Morgan fingerprint density at radius 2 is 2.12 bits per heavy atom. The van der Waals surface area contributed by atoms with Crippen molar-refractivity contribution in [2.45, 2.75) is 6.42 Å². The van der Waals surface area contributed by atoms with Crippen LogP contribution in [0.2, 0.25) is 0 Å². The highest BCUT2D eigenvalue weighted by atomic mass is 19.1. The molecule has 0 aliphatic carbocycles. The fourth-order valence-corrected chi connectivity index (χ4v) is 2.09. The number of hydrogen-bond donors (Lipinski definition) is 1. The first-order chi connectivity index (χ1) is 11.6. The number of aromatic nitrogens is 1. The minimum Gasteiger partial charge on any atom is -0.385 e. The number of nitrogens with one attached hydrogen (secondary N) is 1. The van der Waals surface area contributed by atoms with E-state index in [4.69, 9.17) is 4.74 Å². The van der Waals surface area contributed by atoms with Gasteiger partial charge in [0.15, 0.2) is 5.82 Å². The van der Waals surface area contributed by atoms with Crippen LogP contribution in [0.15, 0.2) is 41.1 Å². The van der Waals surface area contributed by atoms with Gasteiger partial charge >= 0.3 is 0 Å². The Hall–Kier alpha value is -2.74. The van der Waals surface area contributed by atoms with E-state index in [2.05, 4.69) is 15.0 Å². The van der Waals surface area contributed by atoms with Crippen LogP contribution in [-0.4, -0.2) is 48.7 Å². The zero-order valence-corrected chi connectivity index (χ0v) is 13.2. The molecule has 1 heterocycles. The Balaban J connectivity index is 2.07. The molecule has 1 aromatic carbocycles. The lowest BCUT2D eigenvalue weighted by atomic mass is 10.1. The third-order valence-electron chi connectivity index (χ3n) is 3.21. The summed E-state index contributed by atoms with van der Waals surface area (Å²) in [4.78, 5) is 25.9. The number of amides is 2. The molecule has 2 aromatic rings. The van der Waals surface area contributed by atoms with E-state index < -0.39 is 17.6 Å². The van der Waals surface area contributed by atoms with Gasteiger partial charge in [0.2, 0.25) is 5.91 Å². The smallest absolute Gasteiger partial charge is 0.257 e. The van der Waals surface area contributed by atoms with Crippen molar-refractivity contribution in [2.24, 2.45) is 0 Å². The molecule has 0 aliphatic rings. The van der Waals surface area contributed by atoms with E-state index in [0.717, 1.165) is 0 Å². The van der Waals surface area contributed by atoms with Crippen molar-refractivity contribution >= 4 is 17.6 Å². The van der Waals surface area contributed by atoms with Gasteiger partial charge in [0.05, 0.1) is 5.56 Å². The Morgan fingerprint density at radius 3 is 2.79 bits per heavy atom. The minimum absolute atomic E-state index is 0.0795. The molecule has 1 N–H and O–H groups in total. The maximum atomic E-state index is 13.8. The summed E-state index contributed by atoms with van der Waals surface area (Å²) < 4.78 is 23.4. The topological polar surface area (TPSA) is 84.7 Å². The highest BCUT2D eigenvalue weighted by Crippen LogP contribution is 2.11. The first kappa shape index (κ1) is 17.6. The Kier molecular flexibility index (Phi) is 6.44. The largest absolute Gasteiger partial charge is 0.385 e. The Labute approximate surface area is 138 Å². The number of rotatable bonds is 8. The molecule has 1 aromatic heterocycles. The van der Waals surface area contributed by atoms with Crippen LogP contribution in [0, 0.1) is 5.82 Å². The third kappa shape index (κ3) is 4.88. The number of hydrogen-bond acceptors (Lipinski definition) is 5. The normalized spacial score (nSPS) is 10.4. The maximum absolute atomic E-state index is 13.8. The molecule has 0 saturated heterocycles. The molecule has 0 unspecified atom stereocenters. The number of anilines is 1. The molecule has 7 nitrogen and oxygen atoms in total. The van der Waals surface area contributed by atoms with E-state index in [9.17, 15) is 14.0 Å². The second kappa shape index (κ2) is 8.78. The number of nitrogens with zero attached hydrogens (tertiary/aromatic N) is 2. The van der Waals surface area contributed by atoms with E-state index in [-0.39, 0.29) is 24.5 Å². The number of carbonyl (C=O) groups is 2. The van der Waals surface area contributed by atoms with Gasteiger partial charge in [-0.25, -0.2) is 4.39 Å². The average Bonchev–Trinajstić information content (AvgIpc) is 3.07. The highest BCUT2D eigenvalue weighted by Gasteiger charge is 2.21. The van der Waals surface area contributed by atoms with Gasteiger partial charge in [-0.1, -0.05) is 17.3 Å². The number of benzene rings is 1. The van der Waals surface area contributed by atoms with Gasteiger partial charge in [-0.2, -0.15) is 0 Å². The molecular weight excluding hydrogens is 317 g/mol. The minimum atomic E-state index is -0.629. The van der Waals surface area contributed by atoms with E-state index in [1.54, 1.807) is 13.2 Å². The van der Waals surface area contributed by atoms with Gasteiger partial charge in [0.1, 0.15) is 18.6 Å². The van der Waals surface area contributed by atoms with Crippen LogP contribution in [0.25, 0.3) is 0 Å². The van der Waals surface area contributed by atoms with Gasteiger partial charge in [0.25, 0.3) is 5.91 Å². The van der Waals surface area contributed by atoms with Crippen molar-refractivity contribution in [3.05, 3.63) is 48.0 Å². The summed E-state index contributed by atoms with van der Waals surface area (Å²) in [5, 5.41) is 6.07. The molecule has 0 spiro atoms. The molecule has 0 aliphatic heterocycles. The first-order valence-corrected chi connectivity index (χ1v) is 7.35. The third-order valence-corrected chi connectivity index (χ3v) is 3.21. The summed E-state index contributed by atoms with van der Waals surface area (Å²) in [6.45, 7) is 0.447. The molecule has 0 fully saturated rings. The quantitative estimate of drug-likeness (QED) is 0.745. The van der Waals surface area contributed by atoms with Crippen molar-refractivity contribution in [3.63, 3.8) is 0 Å². The molecule has 24 heavy (non-hydrogen) atoms. The van der Waals surface area contributed by atoms with Gasteiger partial charge in [-0.3, -0.25) is 9.59 Å². The van der Waals surface area contributed by atoms with Crippen molar-refractivity contribution in [2.75, 3.05) is 32.1 Å². The van der Waals surface area contributed by atoms with Crippen molar-refractivity contribution in [3.8, 4) is 0 Å². The molecule has 0 radical (unpaired) electrons. The van der Waals surface area contributed by atoms with Crippen LogP contribution in [0.1, 0.15) is 16.8 Å². The maximum Gasteiger partial charge on any atom is 0.257 e. The number of halogens is 1. The molecule has 0 bridgehead atoms. The van der Waals surface area contributed by atoms with Crippen molar-refractivity contribution in [1.82, 2.24) is 10.1 Å². The number of methoxy groups -OCH3 is 1. The summed E-state index contributed by atoms with van der Waals surface area (Å²) >= 11 is 0. The Morgan fingerprint density at radius 1 is 1.33 bits per heavy atom. The molecule has 128 valence electrons. The predicted molar refractivity (Wildman–Crippen MR) is 83.9 cm³/mol. The fraction of sp³-hybridized carbons (Fsp3) is 0.312. The lowest BCUT2D eigenvalue weighted by molar-refractivity contribution is -0.117. The van der Waals surface area contributed by atoms with Gasteiger partial charge in [-0.05, 0) is 18.6 Å². The van der Waals surface area contributed by atoms with Gasteiger partial charge < -0.3 is 19.5 Å². The van der Waals surface area contributed by atoms with E-state index in [1.807, 2.05) is 0 Å². The van der Waals surface area contributed by atoms with Crippen LogP contribution < -0.4 is 5.32 Å². The van der Waals surface area contributed by atoms with Crippen molar-refractivity contribution in [1.29, 1.82) is 0 Å². The molecule has 0 saturated carbocycles. The molecule has 2 rings (SSSR count). The first-order valence-electron chi connectivity index (χ1n) is 7.35. The second-order valence-corrected chi connectivity index (χ2v) is 4.99. The molecule has 8 heteroatoms. The van der Waals surface area contributed by atoms with Crippen LogP contribution in [-0.2, 0) is 9.53 Å². The number of carbonyl (C=O) groups excluding carboxylic acids is 2. The molecule has 2 amide bonds. The van der Waals surface area contributed by atoms with E-state index in [0.29, 0.717) is 13.0 Å². The average molecular weight is 335 g/mol. The van der Waals surface area contributed by atoms with E-state index in [1.165, 1.54) is 35.4 Å². The van der Waals surface area contributed by atoms with Gasteiger partial charge in [0, 0.05) is 26.3 Å². The monoisotopic (exact) mass is 335 g/mol. The zero-order valence-electron chi connectivity index (χ0n) is 13.2. The van der Waals surface area contributed by atoms with E-state index >= 15 is 0 Å². The highest BCUT2D eigenvalue weighted by molar-refractivity contribution is 5.99. The van der Waals surface area contributed by atoms with Crippen LogP contribution >= 0.6 is 0 Å². The van der Waals surface area contributed by atoms with Crippen LogP contribution in [0.4, 0.5) is 10.2 Å². The van der Waals surface area contributed by atoms with Crippen LogP contribution in [0.5, 0.6) is 0 Å². The molecular formula is C16H18FN3O4. The van der Waals surface area contributed by atoms with Gasteiger partial charge in [-0.15, -0.1) is 0 Å². The second-order valence-electron chi connectivity index (χ2n) is 4.99. The summed E-state index contributed by atoms with van der Waals surface area (Å²) in [6.07, 6.45) is 1.84. The predicted octanol–water partition coefficient (Wildman–Crippen LogP) is 1.93. The van der Waals surface area contributed by atoms with Crippen molar-refractivity contribution < 1.29 is 23.2 Å². The SMILES string of the molecule is COCCCN(CC(=O)Nc1ccon1)C(=O)c1ccccc1F. The number of ether oxygens (including phenoxy) is 1. The summed E-state index contributed by atoms with van der Waals surface area (Å²) in [6, 6.07) is 7.14. The summed E-state index contributed by atoms with van der Waals surface area (Å²) in [5.74, 6) is -1.39. The fourth-order valence-electron chi connectivity index (χ4n) is 2.09. The lowest BCUT2D eigenvalue weighted by Crippen LogP contribution is -2.39. The Bertz CT molecular complexity index is 676. The summed E-state index contributed by atoms with van der Waals surface area (Å²) in [7, 11) is 1.54. The molecule has 0 atom stereocenters. The standard InChI is InChI=1S/C16H18FN3O4/c1-23-9-4-8-20(11-15(21)18-14-7-10-24-19-14)16(22)12-5-2-3-6-13(12)17/h2-3,5-7,10H,4,8-9,11H2,1H3,(H,18,19,21). The van der Waals surface area contributed by atoms with Crippen LogP contribution in [0.3, 0.4) is 0 Å².